The van der Waals surface area contributed by atoms with Gasteiger partial charge in [0, 0.05) is 36.4 Å². The molecule has 1 aliphatic rings. The molecule has 2 N–H and O–H groups in total. The van der Waals surface area contributed by atoms with E-state index in [4.69, 9.17) is 4.74 Å². The molecule has 2 atom stereocenters. The fourth-order valence-corrected chi connectivity index (χ4v) is 2.94. The van der Waals surface area contributed by atoms with Gasteiger partial charge in [0.1, 0.15) is 0 Å². The maximum atomic E-state index is 12.4. The van der Waals surface area contributed by atoms with E-state index in [1.165, 1.54) is 0 Å². The Kier molecular flexibility index (Phi) is 4.57. The van der Waals surface area contributed by atoms with Gasteiger partial charge in [-0.3, -0.25) is 4.79 Å². The molecule has 116 valence electrons. The highest BCUT2D eigenvalue weighted by atomic mass is 16.5. The Balaban J connectivity index is 2.01. The van der Waals surface area contributed by atoms with Gasteiger partial charge in [-0.25, -0.2) is 0 Å². The second-order valence-corrected chi connectivity index (χ2v) is 6.31. The molecule has 1 aromatic rings. The number of nitrogens with one attached hydrogen (secondary N) is 2. The molecular formula is C17H26N2O2. The van der Waals surface area contributed by atoms with Crippen LogP contribution >= 0.6 is 0 Å². The van der Waals surface area contributed by atoms with Gasteiger partial charge in [0.05, 0.1) is 6.10 Å². The minimum absolute atomic E-state index is 0.00576. The second-order valence-electron chi connectivity index (χ2n) is 6.31. The third kappa shape index (κ3) is 3.05. The van der Waals surface area contributed by atoms with E-state index in [-0.39, 0.29) is 23.5 Å². The summed E-state index contributed by atoms with van der Waals surface area (Å²) in [4.78, 5) is 12.4. The summed E-state index contributed by atoms with van der Waals surface area (Å²) in [5.74, 6) is -0.00576. The molecule has 0 aliphatic heterocycles. The molecule has 2 unspecified atom stereocenters. The lowest BCUT2D eigenvalue weighted by atomic mass is 9.64. The number of hydrogen-bond donors (Lipinski definition) is 2. The molecule has 1 fully saturated rings. The molecule has 0 heterocycles. The van der Waals surface area contributed by atoms with Crippen LogP contribution in [0.2, 0.25) is 0 Å². The number of hydrogen-bond acceptors (Lipinski definition) is 3. The molecule has 1 saturated carbocycles. The first-order chi connectivity index (χ1) is 9.90. The largest absolute Gasteiger partial charge is 0.388 e. The van der Waals surface area contributed by atoms with Crippen LogP contribution in [0.1, 0.15) is 43.1 Å². The van der Waals surface area contributed by atoms with Crippen LogP contribution in [0.4, 0.5) is 5.69 Å². The molecule has 21 heavy (non-hydrogen) atoms. The Hall–Kier alpha value is -1.55. The monoisotopic (exact) mass is 290 g/mol. The van der Waals surface area contributed by atoms with Crippen LogP contribution in [0.3, 0.4) is 0 Å². The van der Waals surface area contributed by atoms with Crippen molar-refractivity contribution in [2.24, 2.45) is 5.41 Å². The fraction of sp³-hybridized carbons (Fsp3) is 0.588. The maximum Gasteiger partial charge on any atom is 0.251 e. The fourth-order valence-electron chi connectivity index (χ4n) is 2.94. The topological polar surface area (TPSA) is 50.4 Å². The number of carbonyl (C=O) groups is 1. The van der Waals surface area contributed by atoms with Crippen LogP contribution < -0.4 is 10.6 Å². The standard InChI is InChI=1S/C17H26N2O2/c1-6-21-15-10-14(17(15,3)4)19-16(20)12-7-8-13(18-5)11(2)9-12/h7-9,14-15,18H,6,10H2,1-5H3,(H,19,20). The molecule has 0 radical (unpaired) electrons. The van der Waals surface area contributed by atoms with Crippen LogP contribution in [0.15, 0.2) is 18.2 Å². The summed E-state index contributed by atoms with van der Waals surface area (Å²) in [6.45, 7) is 9.03. The van der Waals surface area contributed by atoms with E-state index >= 15 is 0 Å². The average molecular weight is 290 g/mol. The third-order valence-electron chi connectivity index (χ3n) is 4.61. The summed E-state index contributed by atoms with van der Waals surface area (Å²) in [5, 5.41) is 6.25. The van der Waals surface area contributed by atoms with Gasteiger partial charge in [0.2, 0.25) is 0 Å². The minimum atomic E-state index is -0.00830. The van der Waals surface area contributed by atoms with Crippen molar-refractivity contribution in [3.8, 4) is 0 Å². The predicted octanol–water partition coefficient (Wildman–Crippen LogP) is 2.97. The van der Waals surface area contributed by atoms with Crippen molar-refractivity contribution in [2.45, 2.75) is 46.3 Å². The lowest BCUT2D eigenvalue weighted by molar-refractivity contribution is -0.111. The van der Waals surface area contributed by atoms with E-state index in [2.05, 4.69) is 24.5 Å². The number of benzene rings is 1. The van der Waals surface area contributed by atoms with Gasteiger partial charge in [-0.05, 0) is 44.0 Å². The van der Waals surface area contributed by atoms with Crippen molar-refractivity contribution >= 4 is 11.6 Å². The minimum Gasteiger partial charge on any atom is -0.388 e. The lowest BCUT2D eigenvalue weighted by Gasteiger charge is -2.51. The molecule has 2 rings (SSSR count). The van der Waals surface area contributed by atoms with Gasteiger partial charge >= 0.3 is 0 Å². The Morgan fingerprint density at radius 3 is 2.67 bits per heavy atom. The normalized spacial score (nSPS) is 23.3. The Labute approximate surface area is 127 Å². The van der Waals surface area contributed by atoms with Crippen molar-refractivity contribution in [3.63, 3.8) is 0 Å². The van der Waals surface area contributed by atoms with Crippen LogP contribution in [0.5, 0.6) is 0 Å². The molecule has 0 aromatic heterocycles. The molecule has 0 spiro atoms. The molecular weight excluding hydrogens is 264 g/mol. The first-order valence-electron chi connectivity index (χ1n) is 7.61. The van der Waals surface area contributed by atoms with Crippen molar-refractivity contribution in [1.82, 2.24) is 5.32 Å². The summed E-state index contributed by atoms with van der Waals surface area (Å²) in [6, 6.07) is 5.90. The van der Waals surface area contributed by atoms with Crippen LogP contribution in [-0.4, -0.2) is 31.7 Å². The Morgan fingerprint density at radius 1 is 1.43 bits per heavy atom. The number of amides is 1. The summed E-state index contributed by atoms with van der Waals surface area (Å²) in [5.41, 5.74) is 2.82. The van der Waals surface area contributed by atoms with E-state index in [9.17, 15) is 4.79 Å². The first kappa shape index (κ1) is 15.8. The van der Waals surface area contributed by atoms with Crippen LogP contribution in [0.25, 0.3) is 0 Å². The summed E-state index contributed by atoms with van der Waals surface area (Å²) >= 11 is 0. The number of carbonyl (C=O) groups excluding carboxylic acids is 1. The zero-order valence-electron chi connectivity index (χ0n) is 13.6. The van der Waals surface area contributed by atoms with Crippen molar-refractivity contribution in [1.29, 1.82) is 0 Å². The number of anilines is 1. The Morgan fingerprint density at radius 2 is 2.14 bits per heavy atom. The lowest BCUT2D eigenvalue weighted by Crippen LogP contribution is -2.62. The predicted molar refractivity (Wildman–Crippen MR) is 85.8 cm³/mol. The van der Waals surface area contributed by atoms with E-state index in [1.54, 1.807) is 0 Å². The van der Waals surface area contributed by atoms with Crippen molar-refractivity contribution in [2.75, 3.05) is 19.0 Å². The molecule has 0 saturated heterocycles. The average Bonchev–Trinajstić information content (AvgIpc) is 2.46. The maximum absolute atomic E-state index is 12.4. The number of rotatable bonds is 5. The van der Waals surface area contributed by atoms with Crippen molar-refractivity contribution < 1.29 is 9.53 Å². The number of aryl methyl sites for hydroxylation is 1. The van der Waals surface area contributed by atoms with Gasteiger partial charge < -0.3 is 15.4 Å². The molecule has 1 aromatic carbocycles. The van der Waals surface area contributed by atoms with Gasteiger partial charge in [-0.2, -0.15) is 0 Å². The van der Waals surface area contributed by atoms with E-state index < -0.39 is 0 Å². The van der Waals surface area contributed by atoms with E-state index in [1.807, 2.05) is 39.1 Å². The summed E-state index contributed by atoms with van der Waals surface area (Å²) in [6.07, 6.45) is 1.13. The van der Waals surface area contributed by atoms with Gasteiger partial charge in [0.25, 0.3) is 5.91 Å². The van der Waals surface area contributed by atoms with Gasteiger partial charge in [-0.1, -0.05) is 13.8 Å². The highest BCUT2D eigenvalue weighted by Crippen LogP contribution is 2.42. The molecule has 0 bridgehead atoms. The molecule has 4 nitrogen and oxygen atoms in total. The second kappa shape index (κ2) is 6.06. The van der Waals surface area contributed by atoms with E-state index in [0.717, 1.165) is 24.3 Å². The SMILES string of the molecule is CCOC1CC(NC(=O)c2ccc(NC)c(C)c2)C1(C)C. The molecule has 1 aliphatic carbocycles. The quantitative estimate of drug-likeness (QED) is 0.876. The highest BCUT2D eigenvalue weighted by Gasteiger charge is 2.49. The smallest absolute Gasteiger partial charge is 0.251 e. The zero-order valence-corrected chi connectivity index (χ0v) is 13.6. The Bertz CT molecular complexity index is 526. The van der Waals surface area contributed by atoms with E-state index in [0.29, 0.717) is 5.56 Å². The van der Waals surface area contributed by atoms with Crippen LogP contribution in [-0.2, 0) is 4.74 Å². The molecule has 4 heteroatoms. The first-order valence-corrected chi connectivity index (χ1v) is 7.61. The number of ether oxygens (including phenoxy) is 1. The third-order valence-corrected chi connectivity index (χ3v) is 4.61. The van der Waals surface area contributed by atoms with Gasteiger partial charge in [-0.15, -0.1) is 0 Å². The van der Waals surface area contributed by atoms with Gasteiger partial charge in [0.15, 0.2) is 0 Å². The van der Waals surface area contributed by atoms with Crippen LogP contribution in [0, 0.1) is 12.3 Å². The zero-order chi connectivity index (χ0) is 15.6. The van der Waals surface area contributed by atoms with Crippen molar-refractivity contribution in [3.05, 3.63) is 29.3 Å². The summed E-state index contributed by atoms with van der Waals surface area (Å²) < 4.78 is 5.70. The summed E-state index contributed by atoms with van der Waals surface area (Å²) in [7, 11) is 1.88. The highest BCUT2D eigenvalue weighted by molar-refractivity contribution is 5.95. The molecule has 1 amide bonds.